The van der Waals surface area contributed by atoms with E-state index < -0.39 is 28.5 Å². The van der Waals surface area contributed by atoms with Gasteiger partial charge in [-0.25, -0.2) is 8.42 Å². The molecule has 0 radical (unpaired) electrons. The van der Waals surface area contributed by atoms with Gasteiger partial charge in [-0.2, -0.15) is 0 Å². The van der Waals surface area contributed by atoms with Crippen molar-refractivity contribution in [1.29, 1.82) is 0 Å². The fourth-order valence-corrected chi connectivity index (χ4v) is 8.27. The molecule has 1 aliphatic carbocycles. The van der Waals surface area contributed by atoms with Crippen LogP contribution >= 0.6 is 11.8 Å². The van der Waals surface area contributed by atoms with Crippen LogP contribution in [-0.2, 0) is 32.6 Å². The maximum absolute atomic E-state index is 14.9. The summed E-state index contributed by atoms with van der Waals surface area (Å²) >= 11 is 1.51. The van der Waals surface area contributed by atoms with Gasteiger partial charge in [0.15, 0.2) is 0 Å². The number of nitrogens with zero attached hydrogens (tertiary/aromatic N) is 2. The van der Waals surface area contributed by atoms with E-state index in [0.29, 0.717) is 12.4 Å². The van der Waals surface area contributed by atoms with Gasteiger partial charge in [-0.1, -0.05) is 91.6 Å². The molecule has 8 nitrogen and oxygen atoms in total. The molecule has 2 amide bonds. The largest absolute Gasteiger partial charge is 0.492 e. The first-order valence-electron chi connectivity index (χ1n) is 17.3. The number of benzene rings is 4. The van der Waals surface area contributed by atoms with Gasteiger partial charge in [0.2, 0.25) is 11.8 Å². The third kappa shape index (κ3) is 9.48. The van der Waals surface area contributed by atoms with Crippen molar-refractivity contribution in [3.8, 4) is 5.75 Å². The molecule has 0 unspecified atom stereocenters. The Bertz CT molecular complexity index is 1830. The highest BCUT2D eigenvalue weighted by atomic mass is 32.2. The second-order valence-corrected chi connectivity index (χ2v) is 15.4. The van der Waals surface area contributed by atoms with Crippen LogP contribution < -0.4 is 14.4 Å². The highest BCUT2D eigenvalue weighted by molar-refractivity contribution is 7.98. The van der Waals surface area contributed by atoms with Crippen molar-refractivity contribution in [3.63, 3.8) is 0 Å². The van der Waals surface area contributed by atoms with Crippen LogP contribution in [0.15, 0.2) is 113 Å². The number of ether oxygens (including phenoxy) is 1. The first-order valence-corrected chi connectivity index (χ1v) is 19.9. The topological polar surface area (TPSA) is 96.0 Å². The molecule has 0 bridgehead atoms. The van der Waals surface area contributed by atoms with Crippen molar-refractivity contribution in [2.24, 2.45) is 0 Å². The van der Waals surface area contributed by atoms with Crippen LogP contribution in [-0.4, -0.2) is 56.6 Å². The van der Waals surface area contributed by atoms with Crippen LogP contribution in [0.3, 0.4) is 0 Å². The number of hydrogen-bond acceptors (Lipinski definition) is 6. The van der Waals surface area contributed by atoms with E-state index >= 15 is 0 Å². The Morgan fingerprint density at radius 1 is 0.880 bits per heavy atom. The molecule has 0 saturated heterocycles. The smallest absolute Gasteiger partial charge is 0.264 e. The Morgan fingerprint density at radius 3 is 2.24 bits per heavy atom. The zero-order valence-corrected chi connectivity index (χ0v) is 30.7. The lowest BCUT2D eigenvalue weighted by Crippen LogP contribution is -2.55. The number of amides is 2. The highest BCUT2D eigenvalue weighted by Gasteiger charge is 2.36. The molecule has 50 heavy (non-hydrogen) atoms. The maximum Gasteiger partial charge on any atom is 0.264 e. The summed E-state index contributed by atoms with van der Waals surface area (Å²) in [6.45, 7) is 3.70. The summed E-state index contributed by atoms with van der Waals surface area (Å²) in [6, 6.07) is 30.1. The molecule has 0 heterocycles. The number of carbonyl (C=O) groups excluding carboxylic acids is 2. The first kappa shape index (κ1) is 37.0. The lowest BCUT2D eigenvalue weighted by atomic mass is 9.94. The average molecular weight is 714 g/mol. The minimum absolute atomic E-state index is 0.0321. The van der Waals surface area contributed by atoms with E-state index in [1.165, 1.54) is 11.8 Å². The second kappa shape index (κ2) is 17.6. The number of rotatable bonds is 15. The van der Waals surface area contributed by atoms with Crippen molar-refractivity contribution in [2.45, 2.75) is 80.8 Å². The molecule has 5 rings (SSSR count). The van der Waals surface area contributed by atoms with E-state index in [9.17, 15) is 18.0 Å². The van der Waals surface area contributed by atoms with E-state index in [4.69, 9.17) is 4.74 Å². The SMILES string of the molecule is CCOc1ccccc1N(CC(=O)N(Cc1cccc(C)c1)[C@H](Cc1ccccc1)C(=O)NC1CCCCC1)S(=O)(=O)c1ccc(SC)cc1. The lowest BCUT2D eigenvalue weighted by Gasteiger charge is -2.35. The number of aryl methyl sites for hydroxylation is 1. The molecule has 0 aliphatic heterocycles. The molecule has 1 N–H and O–H groups in total. The van der Waals surface area contributed by atoms with Crippen LogP contribution in [0.4, 0.5) is 5.69 Å². The third-order valence-corrected chi connectivity index (χ3v) is 11.5. The fourth-order valence-electron chi connectivity index (χ4n) is 6.43. The number of hydrogen-bond donors (Lipinski definition) is 1. The first-order chi connectivity index (χ1) is 24.2. The van der Waals surface area contributed by atoms with Crippen LogP contribution in [0.1, 0.15) is 55.7 Å². The van der Waals surface area contributed by atoms with E-state index in [1.807, 2.05) is 74.7 Å². The van der Waals surface area contributed by atoms with Gasteiger partial charge >= 0.3 is 0 Å². The summed E-state index contributed by atoms with van der Waals surface area (Å²) in [4.78, 5) is 31.7. The highest BCUT2D eigenvalue weighted by Crippen LogP contribution is 2.33. The second-order valence-electron chi connectivity index (χ2n) is 12.6. The summed E-state index contributed by atoms with van der Waals surface area (Å²) in [5.74, 6) is -0.395. The normalized spacial score (nSPS) is 14.1. The Labute approximate surface area is 301 Å². The predicted octanol–water partition coefficient (Wildman–Crippen LogP) is 7.40. The van der Waals surface area contributed by atoms with Gasteiger partial charge < -0.3 is 15.0 Å². The van der Waals surface area contributed by atoms with Crippen molar-refractivity contribution < 1.29 is 22.7 Å². The molecule has 264 valence electrons. The number of thioether (sulfide) groups is 1. The van der Waals surface area contributed by atoms with Gasteiger partial charge in [-0.05, 0) is 80.5 Å². The van der Waals surface area contributed by atoms with Gasteiger partial charge in [0.05, 0.1) is 17.2 Å². The average Bonchev–Trinajstić information content (AvgIpc) is 3.13. The Kier molecular flexibility index (Phi) is 13.0. The molecule has 4 aromatic carbocycles. The molecule has 10 heteroatoms. The van der Waals surface area contributed by atoms with Crippen molar-refractivity contribution in [3.05, 3.63) is 120 Å². The van der Waals surface area contributed by atoms with Gasteiger partial charge in [-0.3, -0.25) is 13.9 Å². The maximum atomic E-state index is 14.9. The quantitative estimate of drug-likeness (QED) is 0.129. The van der Waals surface area contributed by atoms with Gasteiger partial charge in [-0.15, -0.1) is 11.8 Å². The Morgan fingerprint density at radius 2 is 1.56 bits per heavy atom. The molecular weight excluding hydrogens is 667 g/mol. The summed E-state index contributed by atoms with van der Waals surface area (Å²) < 4.78 is 36.1. The Balaban J connectivity index is 1.59. The van der Waals surface area contributed by atoms with Crippen molar-refractivity contribution in [1.82, 2.24) is 10.2 Å². The minimum atomic E-state index is -4.26. The summed E-state index contributed by atoms with van der Waals surface area (Å²) in [5.41, 5.74) is 3.01. The standard InChI is InChI=1S/C40H47N3O5S2/c1-4-48-38-21-12-11-20-36(38)43(50(46,47)35-24-22-34(49-3)23-25-35)29-39(44)42(28-32-17-13-14-30(2)26-32)37(27-31-15-7-5-8-16-31)40(45)41-33-18-9-6-10-19-33/h5,7-8,11-17,20-26,33,37H,4,6,9-10,18-19,27-29H2,1-3H3,(H,41,45)/t37-/m1/s1. The molecule has 1 atom stereocenters. The number of para-hydroxylation sites is 2. The zero-order valence-electron chi connectivity index (χ0n) is 29.1. The molecule has 1 aliphatic rings. The van der Waals surface area contributed by atoms with Crippen molar-refractivity contribution in [2.75, 3.05) is 23.7 Å². The fraction of sp³-hybridized carbons (Fsp3) is 0.350. The van der Waals surface area contributed by atoms with E-state index in [2.05, 4.69) is 5.32 Å². The number of sulfonamides is 1. The van der Waals surface area contributed by atoms with E-state index in [-0.39, 0.29) is 35.5 Å². The minimum Gasteiger partial charge on any atom is -0.492 e. The van der Waals surface area contributed by atoms with Gasteiger partial charge in [0.25, 0.3) is 10.0 Å². The van der Waals surface area contributed by atoms with E-state index in [1.54, 1.807) is 53.4 Å². The number of nitrogens with one attached hydrogen (secondary N) is 1. The number of anilines is 1. The molecule has 0 aromatic heterocycles. The molecule has 0 spiro atoms. The van der Waals surface area contributed by atoms with Crippen LogP contribution in [0.5, 0.6) is 5.75 Å². The molecule has 1 saturated carbocycles. The summed E-state index contributed by atoms with van der Waals surface area (Å²) in [6.07, 6.45) is 7.22. The lowest BCUT2D eigenvalue weighted by molar-refractivity contribution is -0.140. The van der Waals surface area contributed by atoms with Crippen molar-refractivity contribution >= 4 is 39.3 Å². The molecule has 4 aromatic rings. The zero-order chi connectivity index (χ0) is 35.5. The van der Waals surface area contributed by atoms with Crippen LogP contribution in [0, 0.1) is 6.92 Å². The predicted molar refractivity (Wildman–Crippen MR) is 201 cm³/mol. The van der Waals surface area contributed by atoms with Crippen LogP contribution in [0.25, 0.3) is 0 Å². The molecular formula is C40H47N3O5S2. The van der Waals surface area contributed by atoms with E-state index in [0.717, 1.165) is 58.0 Å². The third-order valence-electron chi connectivity index (χ3n) is 9.02. The van der Waals surface area contributed by atoms with Gasteiger partial charge in [0, 0.05) is 23.9 Å². The summed E-state index contributed by atoms with van der Waals surface area (Å²) in [5, 5.41) is 3.26. The monoisotopic (exact) mass is 713 g/mol. The molecule has 1 fully saturated rings. The van der Waals surface area contributed by atoms with Crippen LogP contribution in [0.2, 0.25) is 0 Å². The van der Waals surface area contributed by atoms with Gasteiger partial charge in [0.1, 0.15) is 18.3 Å². The Hall–Kier alpha value is -4.28. The summed E-state index contributed by atoms with van der Waals surface area (Å²) in [7, 11) is -4.26. The number of carbonyl (C=O) groups is 2.